The number of carbonyl (C=O) groups excluding carboxylic acids is 1. The van der Waals surface area contributed by atoms with E-state index in [9.17, 15) is 4.79 Å². The Balaban J connectivity index is 2.20. The Morgan fingerprint density at radius 2 is 2.13 bits per heavy atom. The molecule has 4 nitrogen and oxygen atoms in total. The van der Waals surface area contributed by atoms with Crippen molar-refractivity contribution in [3.63, 3.8) is 0 Å². The van der Waals surface area contributed by atoms with E-state index in [4.69, 9.17) is 10.5 Å². The first-order chi connectivity index (χ1) is 7.27. The van der Waals surface area contributed by atoms with Gasteiger partial charge in [-0.25, -0.2) is 0 Å². The van der Waals surface area contributed by atoms with Crippen LogP contribution in [-0.4, -0.2) is 32.3 Å². The highest BCUT2D eigenvalue weighted by Crippen LogP contribution is 2.26. The molecule has 2 N–H and O–H groups in total. The molecule has 0 saturated heterocycles. The number of esters is 1. The van der Waals surface area contributed by atoms with E-state index >= 15 is 0 Å². The fourth-order valence-electron chi connectivity index (χ4n) is 2.06. The van der Waals surface area contributed by atoms with Gasteiger partial charge in [-0.1, -0.05) is 12.8 Å². The van der Waals surface area contributed by atoms with Crippen molar-refractivity contribution in [2.45, 2.75) is 38.2 Å². The topological polar surface area (TPSA) is 61.5 Å². The van der Waals surface area contributed by atoms with E-state index in [1.54, 1.807) is 0 Å². The molecule has 1 aliphatic carbocycles. The molecule has 1 rings (SSSR count). The lowest BCUT2D eigenvalue weighted by Crippen LogP contribution is -2.33. The Labute approximate surface area is 91.1 Å². The predicted molar refractivity (Wildman–Crippen MR) is 57.4 cm³/mol. The third-order valence-corrected chi connectivity index (χ3v) is 3.01. The third-order valence-electron chi connectivity index (χ3n) is 3.01. The lowest BCUT2D eigenvalue weighted by molar-refractivity contribution is -0.142. The molecule has 0 radical (unpaired) electrons. The van der Waals surface area contributed by atoms with Crippen LogP contribution in [0, 0.1) is 5.92 Å². The smallest absolute Gasteiger partial charge is 0.307 e. The zero-order valence-electron chi connectivity index (χ0n) is 9.41. The molecule has 2 unspecified atom stereocenters. The van der Waals surface area contributed by atoms with Crippen LogP contribution in [0.5, 0.6) is 0 Å². The summed E-state index contributed by atoms with van der Waals surface area (Å²) in [4.78, 5) is 10.9. The average Bonchev–Trinajstić information content (AvgIpc) is 2.29. The van der Waals surface area contributed by atoms with Gasteiger partial charge in [0.25, 0.3) is 0 Å². The summed E-state index contributed by atoms with van der Waals surface area (Å²) in [5.41, 5.74) is 5.68. The van der Waals surface area contributed by atoms with Gasteiger partial charge in [0, 0.05) is 0 Å². The van der Waals surface area contributed by atoms with Crippen molar-refractivity contribution in [2.24, 2.45) is 11.7 Å². The summed E-state index contributed by atoms with van der Waals surface area (Å²) in [6.07, 6.45) is 5.26. The van der Waals surface area contributed by atoms with Gasteiger partial charge in [-0.3, -0.25) is 4.79 Å². The SMILES string of the molecule is COC(=O)CCOC1CCCCC1CN. The summed E-state index contributed by atoms with van der Waals surface area (Å²) in [6.45, 7) is 1.14. The Morgan fingerprint density at radius 3 is 2.80 bits per heavy atom. The summed E-state index contributed by atoms with van der Waals surface area (Å²) >= 11 is 0. The Kier molecular flexibility index (Phi) is 5.65. The molecule has 1 fully saturated rings. The molecular weight excluding hydrogens is 194 g/mol. The lowest BCUT2D eigenvalue weighted by atomic mass is 9.86. The maximum Gasteiger partial charge on any atom is 0.307 e. The maximum atomic E-state index is 10.9. The van der Waals surface area contributed by atoms with Crippen molar-refractivity contribution in [1.82, 2.24) is 0 Å². The van der Waals surface area contributed by atoms with Gasteiger partial charge in [-0.05, 0) is 25.3 Å². The molecule has 1 aliphatic rings. The van der Waals surface area contributed by atoms with E-state index in [-0.39, 0.29) is 12.1 Å². The monoisotopic (exact) mass is 215 g/mol. The second-order valence-electron chi connectivity index (χ2n) is 4.02. The Hall–Kier alpha value is -0.610. The number of hydrogen-bond acceptors (Lipinski definition) is 4. The molecule has 88 valence electrons. The normalized spacial score (nSPS) is 26.3. The minimum absolute atomic E-state index is 0.213. The highest BCUT2D eigenvalue weighted by Gasteiger charge is 2.24. The van der Waals surface area contributed by atoms with Crippen molar-refractivity contribution in [3.05, 3.63) is 0 Å². The first kappa shape index (κ1) is 12.5. The average molecular weight is 215 g/mol. The van der Waals surface area contributed by atoms with E-state index in [0.717, 1.165) is 12.8 Å². The number of hydrogen-bond donors (Lipinski definition) is 1. The van der Waals surface area contributed by atoms with E-state index in [1.807, 2.05) is 0 Å². The highest BCUT2D eigenvalue weighted by molar-refractivity contribution is 5.69. The van der Waals surface area contributed by atoms with E-state index in [2.05, 4.69) is 4.74 Å². The van der Waals surface area contributed by atoms with Crippen molar-refractivity contribution in [1.29, 1.82) is 0 Å². The predicted octanol–water partition coefficient (Wildman–Crippen LogP) is 1.08. The fourth-order valence-corrected chi connectivity index (χ4v) is 2.06. The molecule has 0 aromatic heterocycles. The molecule has 0 bridgehead atoms. The van der Waals surface area contributed by atoms with Crippen LogP contribution < -0.4 is 5.73 Å². The zero-order chi connectivity index (χ0) is 11.1. The number of nitrogens with two attached hydrogens (primary N) is 1. The summed E-state index contributed by atoms with van der Waals surface area (Å²) in [5.74, 6) is 0.256. The van der Waals surface area contributed by atoms with E-state index < -0.39 is 0 Å². The van der Waals surface area contributed by atoms with Gasteiger partial charge in [0.2, 0.25) is 0 Å². The van der Waals surface area contributed by atoms with Crippen LogP contribution in [0.15, 0.2) is 0 Å². The molecule has 15 heavy (non-hydrogen) atoms. The first-order valence-corrected chi connectivity index (χ1v) is 5.66. The van der Waals surface area contributed by atoms with Gasteiger partial charge in [0.1, 0.15) is 0 Å². The quantitative estimate of drug-likeness (QED) is 0.697. The molecule has 0 aromatic carbocycles. The van der Waals surface area contributed by atoms with Crippen LogP contribution in [0.3, 0.4) is 0 Å². The van der Waals surface area contributed by atoms with Gasteiger partial charge in [-0.15, -0.1) is 0 Å². The van der Waals surface area contributed by atoms with Crippen molar-refractivity contribution in [2.75, 3.05) is 20.3 Å². The number of rotatable bonds is 5. The standard InChI is InChI=1S/C11H21NO3/c1-14-11(13)6-7-15-10-5-3-2-4-9(10)8-12/h9-10H,2-8,12H2,1H3. The number of methoxy groups -OCH3 is 1. The van der Waals surface area contributed by atoms with Crippen molar-refractivity contribution >= 4 is 5.97 Å². The number of carbonyl (C=O) groups is 1. The van der Waals surface area contributed by atoms with Crippen LogP contribution in [0.25, 0.3) is 0 Å². The summed E-state index contributed by atoms with van der Waals surface area (Å²) < 4.78 is 10.2. The fraction of sp³-hybridized carbons (Fsp3) is 0.909. The Morgan fingerprint density at radius 1 is 1.40 bits per heavy atom. The molecular formula is C11H21NO3. The summed E-state index contributed by atoms with van der Waals surface area (Å²) in [7, 11) is 1.39. The summed E-state index contributed by atoms with van der Waals surface area (Å²) in [6, 6.07) is 0. The van der Waals surface area contributed by atoms with Crippen LogP contribution in [0.2, 0.25) is 0 Å². The third kappa shape index (κ3) is 4.18. The van der Waals surface area contributed by atoms with Gasteiger partial charge in [-0.2, -0.15) is 0 Å². The van der Waals surface area contributed by atoms with Gasteiger partial charge >= 0.3 is 5.97 Å². The van der Waals surface area contributed by atoms with Crippen molar-refractivity contribution in [3.8, 4) is 0 Å². The van der Waals surface area contributed by atoms with Gasteiger partial charge < -0.3 is 15.2 Å². The second kappa shape index (κ2) is 6.80. The van der Waals surface area contributed by atoms with Gasteiger partial charge in [0.05, 0.1) is 26.2 Å². The van der Waals surface area contributed by atoms with Crippen LogP contribution in [0.1, 0.15) is 32.1 Å². The highest BCUT2D eigenvalue weighted by atomic mass is 16.5. The van der Waals surface area contributed by atoms with Crippen LogP contribution in [0.4, 0.5) is 0 Å². The van der Waals surface area contributed by atoms with E-state index in [1.165, 1.54) is 20.0 Å². The molecule has 0 aromatic rings. The van der Waals surface area contributed by atoms with Crippen LogP contribution in [-0.2, 0) is 14.3 Å². The molecule has 0 amide bonds. The molecule has 1 saturated carbocycles. The molecule has 0 heterocycles. The van der Waals surface area contributed by atoms with Crippen molar-refractivity contribution < 1.29 is 14.3 Å². The molecule has 2 atom stereocenters. The second-order valence-corrected chi connectivity index (χ2v) is 4.02. The molecule has 0 spiro atoms. The molecule has 4 heteroatoms. The van der Waals surface area contributed by atoms with Gasteiger partial charge in [0.15, 0.2) is 0 Å². The first-order valence-electron chi connectivity index (χ1n) is 5.66. The molecule has 0 aliphatic heterocycles. The lowest BCUT2D eigenvalue weighted by Gasteiger charge is -2.30. The Bertz CT molecular complexity index is 196. The number of ether oxygens (including phenoxy) is 2. The summed E-state index contributed by atoms with van der Waals surface area (Å²) in [5, 5.41) is 0. The maximum absolute atomic E-state index is 10.9. The zero-order valence-corrected chi connectivity index (χ0v) is 9.41. The van der Waals surface area contributed by atoms with Crippen LogP contribution >= 0.6 is 0 Å². The minimum Gasteiger partial charge on any atom is -0.469 e. The van der Waals surface area contributed by atoms with E-state index in [0.29, 0.717) is 25.5 Å². The minimum atomic E-state index is -0.213. The largest absolute Gasteiger partial charge is 0.469 e.